The van der Waals surface area contributed by atoms with Crippen molar-refractivity contribution in [3.8, 4) is 11.1 Å². The van der Waals surface area contributed by atoms with Crippen LogP contribution >= 0.6 is 23.1 Å². The molecule has 0 saturated carbocycles. The van der Waals surface area contributed by atoms with E-state index in [-0.39, 0.29) is 10.4 Å². The number of benzene rings is 1. The molecular formula is C14H9NO4S2. The van der Waals surface area contributed by atoms with Gasteiger partial charge in [-0.1, -0.05) is 12.1 Å². The largest absolute Gasteiger partial charge is 0.478 e. The Bertz CT molecular complexity index is 757. The quantitative estimate of drug-likeness (QED) is 0.655. The molecule has 2 rings (SSSR count). The van der Waals surface area contributed by atoms with Crippen LogP contribution in [-0.4, -0.2) is 28.4 Å². The van der Waals surface area contributed by atoms with Crippen molar-refractivity contribution in [1.82, 2.24) is 0 Å². The van der Waals surface area contributed by atoms with Crippen molar-refractivity contribution in [2.45, 2.75) is 4.21 Å². The lowest BCUT2D eigenvalue weighted by molar-refractivity contribution is 0.0688. The van der Waals surface area contributed by atoms with Crippen LogP contribution < -0.4 is 0 Å². The van der Waals surface area contributed by atoms with E-state index in [2.05, 4.69) is 4.85 Å². The predicted molar refractivity (Wildman–Crippen MR) is 81.7 cm³/mol. The molecule has 1 heterocycles. The molecule has 0 fully saturated rings. The van der Waals surface area contributed by atoms with E-state index in [1.165, 1.54) is 36.0 Å². The molecular weight excluding hydrogens is 310 g/mol. The highest BCUT2D eigenvalue weighted by Gasteiger charge is 2.23. The summed E-state index contributed by atoms with van der Waals surface area (Å²) in [6.45, 7) is 7.27. The summed E-state index contributed by atoms with van der Waals surface area (Å²) >= 11 is 2.38. The van der Waals surface area contributed by atoms with Gasteiger partial charge in [0.2, 0.25) is 5.69 Å². The molecule has 0 aliphatic carbocycles. The van der Waals surface area contributed by atoms with E-state index in [0.717, 1.165) is 11.3 Å². The average molecular weight is 319 g/mol. The number of thiophene rings is 1. The maximum Gasteiger partial charge on any atom is 0.345 e. The minimum Gasteiger partial charge on any atom is -0.478 e. The lowest BCUT2D eigenvalue weighted by atomic mass is 10.0. The Kier molecular flexibility index (Phi) is 4.31. The van der Waals surface area contributed by atoms with Gasteiger partial charge in [-0.05, 0) is 24.0 Å². The smallest absolute Gasteiger partial charge is 0.345 e. The van der Waals surface area contributed by atoms with Gasteiger partial charge in [0.1, 0.15) is 4.88 Å². The zero-order chi connectivity index (χ0) is 15.6. The van der Waals surface area contributed by atoms with Gasteiger partial charge in [0, 0.05) is 5.56 Å². The third-order valence-electron chi connectivity index (χ3n) is 2.76. The van der Waals surface area contributed by atoms with Crippen LogP contribution in [0.4, 0.5) is 5.69 Å². The van der Waals surface area contributed by atoms with Crippen molar-refractivity contribution in [3.05, 3.63) is 46.1 Å². The number of rotatable bonds is 4. The zero-order valence-corrected chi connectivity index (χ0v) is 12.4. The normalized spacial score (nSPS) is 10.1. The summed E-state index contributed by atoms with van der Waals surface area (Å²) in [5.41, 5.74) is 1.29. The van der Waals surface area contributed by atoms with E-state index in [4.69, 9.17) is 11.7 Å². The molecule has 21 heavy (non-hydrogen) atoms. The summed E-state index contributed by atoms with van der Waals surface area (Å²) in [6.07, 6.45) is 1.78. The number of carboxylic acids is 2. The number of hydrogen-bond acceptors (Lipinski definition) is 4. The molecule has 0 bridgehead atoms. The van der Waals surface area contributed by atoms with Crippen molar-refractivity contribution in [1.29, 1.82) is 0 Å². The van der Waals surface area contributed by atoms with E-state index >= 15 is 0 Å². The first-order valence-electron chi connectivity index (χ1n) is 5.64. The van der Waals surface area contributed by atoms with Crippen molar-refractivity contribution in [3.63, 3.8) is 0 Å². The fraction of sp³-hybridized carbons (Fsp3) is 0.0714. The van der Waals surface area contributed by atoms with E-state index < -0.39 is 11.9 Å². The number of aromatic carboxylic acids is 2. The molecule has 0 aliphatic heterocycles. The molecule has 0 unspecified atom stereocenters. The summed E-state index contributed by atoms with van der Waals surface area (Å²) < 4.78 is 0.639. The van der Waals surface area contributed by atoms with Gasteiger partial charge < -0.3 is 10.2 Å². The van der Waals surface area contributed by atoms with E-state index in [1.54, 1.807) is 6.26 Å². The summed E-state index contributed by atoms with van der Waals surface area (Å²) in [6, 6.07) is 5.84. The molecule has 7 heteroatoms. The molecule has 0 spiro atoms. The monoisotopic (exact) mass is 319 g/mol. The molecule has 0 amide bonds. The highest BCUT2D eigenvalue weighted by atomic mass is 32.2. The Morgan fingerprint density at radius 1 is 1.19 bits per heavy atom. The fourth-order valence-corrected chi connectivity index (χ4v) is 3.60. The molecule has 0 saturated heterocycles. The van der Waals surface area contributed by atoms with E-state index in [9.17, 15) is 14.7 Å². The first kappa shape index (κ1) is 15.1. The van der Waals surface area contributed by atoms with Gasteiger partial charge >= 0.3 is 11.9 Å². The Balaban J connectivity index is 2.67. The summed E-state index contributed by atoms with van der Waals surface area (Å²) in [4.78, 5) is 25.8. The van der Waals surface area contributed by atoms with Gasteiger partial charge in [0.25, 0.3) is 0 Å². The number of carbonyl (C=O) groups is 2. The minimum atomic E-state index is -1.09. The van der Waals surface area contributed by atoms with Gasteiger partial charge in [0.05, 0.1) is 16.3 Å². The topological polar surface area (TPSA) is 79.0 Å². The van der Waals surface area contributed by atoms with Crippen LogP contribution in [0.15, 0.2) is 28.5 Å². The van der Waals surface area contributed by atoms with Crippen LogP contribution in [0.5, 0.6) is 0 Å². The maximum atomic E-state index is 11.4. The second-order valence-corrected chi connectivity index (χ2v) is 6.04. The predicted octanol–water partition coefficient (Wildman–Crippen LogP) is 4.08. The third-order valence-corrected chi connectivity index (χ3v) is 5.04. The third kappa shape index (κ3) is 2.77. The fourth-order valence-electron chi connectivity index (χ4n) is 1.84. The van der Waals surface area contributed by atoms with Crippen LogP contribution in [0.3, 0.4) is 0 Å². The minimum absolute atomic E-state index is 0.0911. The summed E-state index contributed by atoms with van der Waals surface area (Å²) in [5.74, 6) is -2.15. The second-order valence-electron chi connectivity index (χ2n) is 3.95. The Morgan fingerprint density at radius 3 is 2.24 bits per heavy atom. The second kappa shape index (κ2) is 5.99. The molecule has 2 N–H and O–H groups in total. The first-order valence-corrected chi connectivity index (χ1v) is 7.69. The summed E-state index contributed by atoms with van der Waals surface area (Å²) in [5, 5.41) is 18.2. The van der Waals surface area contributed by atoms with Crippen LogP contribution in [0.25, 0.3) is 16.0 Å². The highest BCUT2D eigenvalue weighted by Crippen LogP contribution is 2.47. The Hall–Kier alpha value is -2.30. The summed E-state index contributed by atoms with van der Waals surface area (Å²) in [7, 11) is 0. The lowest BCUT2D eigenvalue weighted by Crippen LogP contribution is -1.97. The van der Waals surface area contributed by atoms with Gasteiger partial charge in [-0.2, -0.15) is 0 Å². The number of thioether (sulfide) groups is 1. The van der Waals surface area contributed by atoms with Crippen molar-refractivity contribution >= 4 is 40.7 Å². The van der Waals surface area contributed by atoms with Gasteiger partial charge in [-0.15, -0.1) is 23.1 Å². The number of nitrogens with zero attached hydrogens (tertiary/aromatic N) is 1. The highest BCUT2D eigenvalue weighted by molar-refractivity contribution is 8.00. The van der Waals surface area contributed by atoms with Crippen LogP contribution in [0.2, 0.25) is 0 Å². The van der Waals surface area contributed by atoms with Crippen LogP contribution in [0.1, 0.15) is 20.0 Å². The molecule has 0 aliphatic rings. The van der Waals surface area contributed by atoms with Crippen LogP contribution in [-0.2, 0) is 0 Å². The van der Waals surface area contributed by atoms with Gasteiger partial charge in [-0.3, -0.25) is 0 Å². The van der Waals surface area contributed by atoms with Crippen LogP contribution in [0, 0.1) is 6.57 Å². The van der Waals surface area contributed by atoms with E-state index in [1.807, 2.05) is 0 Å². The molecule has 106 valence electrons. The van der Waals surface area contributed by atoms with Crippen molar-refractivity contribution < 1.29 is 19.8 Å². The first-order chi connectivity index (χ1) is 9.99. The standard InChI is InChI=1S/C14H9NO4S2/c1-15-10-9(11(13(18)19)21-14(10)20-2)7-3-5-8(6-4-7)12(16)17/h3-6H,2H3,(H,16,17)(H,18,19). The van der Waals surface area contributed by atoms with Gasteiger partial charge in [0.15, 0.2) is 0 Å². The van der Waals surface area contributed by atoms with Crippen molar-refractivity contribution in [2.24, 2.45) is 0 Å². The SMILES string of the molecule is [C-]#[N+]c1c(SC)sc(C(=O)O)c1-c1ccc(C(=O)O)cc1. The molecule has 1 aromatic carbocycles. The lowest BCUT2D eigenvalue weighted by Gasteiger charge is -2.03. The maximum absolute atomic E-state index is 11.4. The Labute approximate surface area is 128 Å². The number of hydrogen-bond donors (Lipinski definition) is 2. The zero-order valence-electron chi connectivity index (χ0n) is 10.8. The molecule has 0 atom stereocenters. The number of carboxylic acid groups (broad SMARTS) is 2. The molecule has 0 radical (unpaired) electrons. The molecule has 1 aromatic heterocycles. The molecule has 2 aromatic rings. The average Bonchev–Trinajstić information content (AvgIpc) is 2.86. The Morgan fingerprint density at radius 2 is 1.81 bits per heavy atom. The van der Waals surface area contributed by atoms with E-state index in [0.29, 0.717) is 21.0 Å². The molecule has 5 nitrogen and oxygen atoms in total. The van der Waals surface area contributed by atoms with Crippen molar-refractivity contribution in [2.75, 3.05) is 6.26 Å². The van der Waals surface area contributed by atoms with Gasteiger partial charge in [-0.25, -0.2) is 14.4 Å².